The topological polar surface area (TPSA) is 105 Å². The number of methoxy groups -OCH3 is 1. The minimum atomic E-state index is -3.66. The minimum absolute atomic E-state index is 0.0453. The van der Waals surface area contributed by atoms with Crippen LogP contribution >= 0.6 is 0 Å². The summed E-state index contributed by atoms with van der Waals surface area (Å²) in [7, 11) is -2.06. The van der Waals surface area contributed by atoms with Gasteiger partial charge in [-0.3, -0.25) is 9.59 Å². The Labute approximate surface area is 194 Å². The van der Waals surface area contributed by atoms with Crippen LogP contribution in [0.4, 0.5) is 5.69 Å². The second-order valence-corrected chi connectivity index (χ2v) is 10.4. The summed E-state index contributed by atoms with van der Waals surface area (Å²) < 4.78 is 33.1. The van der Waals surface area contributed by atoms with Gasteiger partial charge in [-0.25, -0.2) is 8.42 Å². The van der Waals surface area contributed by atoms with E-state index in [9.17, 15) is 18.0 Å². The molecule has 4 rings (SSSR count). The number of rotatable bonds is 6. The zero-order valence-electron chi connectivity index (χ0n) is 18.7. The number of benzene rings is 2. The number of ether oxygens (including phenoxy) is 1. The van der Waals surface area contributed by atoms with Gasteiger partial charge < -0.3 is 15.4 Å². The van der Waals surface area contributed by atoms with E-state index in [0.29, 0.717) is 57.4 Å². The van der Waals surface area contributed by atoms with Crippen LogP contribution in [0.3, 0.4) is 0 Å². The van der Waals surface area contributed by atoms with Crippen molar-refractivity contribution < 1.29 is 22.7 Å². The molecule has 0 aromatic heterocycles. The van der Waals surface area contributed by atoms with Gasteiger partial charge in [-0.2, -0.15) is 4.31 Å². The Morgan fingerprint density at radius 3 is 2.70 bits per heavy atom. The quantitative estimate of drug-likeness (QED) is 0.674. The highest BCUT2D eigenvalue weighted by molar-refractivity contribution is 7.89. The average molecular weight is 472 g/mol. The second-order valence-electron chi connectivity index (χ2n) is 8.47. The first kappa shape index (κ1) is 23.3. The molecule has 0 aliphatic carbocycles. The molecule has 33 heavy (non-hydrogen) atoms. The lowest BCUT2D eigenvalue weighted by molar-refractivity contribution is -0.126. The molecule has 2 aromatic carbocycles. The highest BCUT2D eigenvalue weighted by Gasteiger charge is 2.32. The van der Waals surface area contributed by atoms with Crippen molar-refractivity contribution in [2.75, 3.05) is 25.5 Å². The highest BCUT2D eigenvalue weighted by atomic mass is 32.2. The third kappa shape index (κ3) is 5.36. The van der Waals surface area contributed by atoms with Gasteiger partial charge in [0.15, 0.2) is 0 Å². The lowest BCUT2D eigenvalue weighted by Gasteiger charge is -2.30. The van der Waals surface area contributed by atoms with Crippen molar-refractivity contribution >= 4 is 27.5 Å². The van der Waals surface area contributed by atoms with Crippen LogP contribution < -0.4 is 15.4 Å². The van der Waals surface area contributed by atoms with Crippen LogP contribution in [-0.4, -0.2) is 44.7 Å². The Balaban J connectivity index is 1.35. The lowest BCUT2D eigenvalue weighted by Crippen LogP contribution is -2.42. The molecular weight excluding hydrogens is 442 g/mol. The predicted octanol–water partition coefficient (Wildman–Crippen LogP) is 2.69. The molecule has 2 aromatic rings. The number of piperidine rings is 1. The van der Waals surface area contributed by atoms with Gasteiger partial charge in [-0.1, -0.05) is 12.1 Å². The number of amides is 2. The summed E-state index contributed by atoms with van der Waals surface area (Å²) in [6, 6.07) is 12.4. The van der Waals surface area contributed by atoms with E-state index in [2.05, 4.69) is 10.6 Å². The highest BCUT2D eigenvalue weighted by Crippen LogP contribution is 2.29. The standard InChI is InChI=1S/C24H29N3O5S/c1-32-20-6-2-4-17(14-20)16-25-24(29)18-10-12-27(13-11-18)33(30,31)21-8-9-22-19(15-21)5-3-7-23(28)26-22/h2,4,6,8-9,14-15,18H,3,5,7,10-13,16H2,1H3,(H,25,29)(H,26,28). The summed E-state index contributed by atoms with van der Waals surface area (Å²) in [6.45, 7) is 1.00. The van der Waals surface area contributed by atoms with Crippen LogP contribution in [0.15, 0.2) is 47.4 Å². The molecule has 0 radical (unpaired) electrons. The number of aryl methyl sites for hydroxylation is 1. The Morgan fingerprint density at radius 2 is 1.94 bits per heavy atom. The Kier molecular flexibility index (Phi) is 6.99. The van der Waals surface area contributed by atoms with E-state index in [0.717, 1.165) is 16.9 Å². The van der Waals surface area contributed by atoms with Crippen LogP contribution in [0.2, 0.25) is 0 Å². The number of nitrogens with zero attached hydrogens (tertiary/aromatic N) is 1. The van der Waals surface area contributed by atoms with Gasteiger partial charge in [0.25, 0.3) is 0 Å². The number of nitrogens with one attached hydrogen (secondary N) is 2. The lowest BCUT2D eigenvalue weighted by atomic mass is 9.97. The van der Waals surface area contributed by atoms with Gasteiger partial charge in [-0.15, -0.1) is 0 Å². The number of sulfonamides is 1. The molecule has 0 spiro atoms. The number of carbonyl (C=O) groups excluding carboxylic acids is 2. The van der Waals surface area contributed by atoms with E-state index in [4.69, 9.17) is 4.74 Å². The summed E-state index contributed by atoms with van der Waals surface area (Å²) in [4.78, 5) is 24.6. The molecule has 2 heterocycles. The van der Waals surface area contributed by atoms with Gasteiger partial charge in [0.2, 0.25) is 21.8 Å². The summed E-state index contributed by atoms with van der Waals surface area (Å²) >= 11 is 0. The van der Waals surface area contributed by atoms with E-state index < -0.39 is 10.0 Å². The molecule has 2 aliphatic heterocycles. The molecule has 176 valence electrons. The van der Waals surface area contributed by atoms with E-state index in [1.54, 1.807) is 25.3 Å². The largest absolute Gasteiger partial charge is 0.497 e. The summed E-state index contributed by atoms with van der Waals surface area (Å²) in [5.41, 5.74) is 2.47. The third-order valence-corrected chi connectivity index (χ3v) is 8.16. The van der Waals surface area contributed by atoms with Crippen molar-refractivity contribution in [1.29, 1.82) is 0 Å². The van der Waals surface area contributed by atoms with Gasteiger partial charge in [0.1, 0.15) is 5.75 Å². The summed E-state index contributed by atoms with van der Waals surface area (Å²) in [5.74, 6) is 0.413. The van der Waals surface area contributed by atoms with Crippen LogP contribution in [-0.2, 0) is 32.6 Å². The molecule has 0 atom stereocenters. The fourth-order valence-corrected chi connectivity index (χ4v) is 5.86. The first-order valence-corrected chi connectivity index (χ1v) is 12.6. The molecule has 0 bridgehead atoms. The van der Waals surface area contributed by atoms with Gasteiger partial charge in [0.05, 0.1) is 12.0 Å². The molecule has 9 heteroatoms. The number of fused-ring (bicyclic) bond motifs is 1. The molecule has 8 nitrogen and oxygen atoms in total. The van der Waals surface area contributed by atoms with Crippen molar-refractivity contribution in [3.05, 3.63) is 53.6 Å². The molecule has 2 aliphatic rings. The van der Waals surface area contributed by atoms with Gasteiger partial charge in [0, 0.05) is 37.7 Å². The third-order valence-electron chi connectivity index (χ3n) is 6.26. The van der Waals surface area contributed by atoms with Gasteiger partial charge in [-0.05, 0) is 67.1 Å². The Bertz CT molecular complexity index is 1140. The Hall–Kier alpha value is -2.91. The maximum absolute atomic E-state index is 13.2. The van der Waals surface area contributed by atoms with E-state index in [1.807, 2.05) is 24.3 Å². The normalized spacial score (nSPS) is 17.5. The maximum atomic E-state index is 13.2. The van der Waals surface area contributed by atoms with E-state index >= 15 is 0 Å². The minimum Gasteiger partial charge on any atom is -0.497 e. The number of hydrogen-bond donors (Lipinski definition) is 2. The molecule has 0 unspecified atom stereocenters. The first-order chi connectivity index (χ1) is 15.9. The van der Waals surface area contributed by atoms with Crippen LogP contribution in [0, 0.1) is 5.92 Å². The number of carbonyl (C=O) groups is 2. The number of hydrogen-bond acceptors (Lipinski definition) is 5. The fourth-order valence-electron chi connectivity index (χ4n) is 4.33. The molecule has 2 N–H and O–H groups in total. The zero-order chi connectivity index (χ0) is 23.4. The van der Waals surface area contributed by atoms with Crippen LogP contribution in [0.5, 0.6) is 5.75 Å². The van der Waals surface area contributed by atoms with E-state index in [-0.39, 0.29) is 22.6 Å². The summed E-state index contributed by atoms with van der Waals surface area (Å²) in [6.07, 6.45) is 2.74. The van der Waals surface area contributed by atoms with Crippen molar-refractivity contribution in [2.45, 2.75) is 43.5 Å². The fraction of sp³-hybridized carbons (Fsp3) is 0.417. The molecular formula is C24H29N3O5S. The van der Waals surface area contributed by atoms with E-state index in [1.165, 1.54) is 4.31 Å². The smallest absolute Gasteiger partial charge is 0.243 e. The molecule has 1 saturated heterocycles. The van der Waals surface area contributed by atoms with Gasteiger partial charge >= 0.3 is 0 Å². The predicted molar refractivity (Wildman–Crippen MR) is 124 cm³/mol. The Morgan fingerprint density at radius 1 is 1.15 bits per heavy atom. The van der Waals surface area contributed by atoms with Crippen LogP contribution in [0.25, 0.3) is 0 Å². The molecule has 1 fully saturated rings. The maximum Gasteiger partial charge on any atom is 0.243 e. The average Bonchev–Trinajstić information content (AvgIpc) is 3.02. The second kappa shape index (κ2) is 9.93. The monoisotopic (exact) mass is 471 g/mol. The van der Waals surface area contributed by atoms with Crippen LogP contribution in [0.1, 0.15) is 36.8 Å². The van der Waals surface area contributed by atoms with Crippen molar-refractivity contribution in [1.82, 2.24) is 9.62 Å². The summed E-state index contributed by atoms with van der Waals surface area (Å²) in [5, 5.41) is 5.78. The molecule has 2 amide bonds. The number of anilines is 1. The van der Waals surface area contributed by atoms with Crippen molar-refractivity contribution in [2.24, 2.45) is 5.92 Å². The zero-order valence-corrected chi connectivity index (χ0v) is 19.5. The SMILES string of the molecule is COc1cccc(CNC(=O)C2CCN(S(=O)(=O)c3ccc4c(c3)CCCC(=O)N4)CC2)c1. The first-order valence-electron chi connectivity index (χ1n) is 11.2. The van der Waals surface area contributed by atoms with Crippen molar-refractivity contribution in [3.8, 4) is 5.75 Å². The molecule has 0 saturated carbocycles. The van der Waals surface area contributed by atoms with Crippen molar-refractivity contribution in [3.63, 3.8) is 0 Å².